The minimum Gasteiger partial charge on any atom is -0.508 e. The van der Waals surface area contributed by atoms with Crippen molar-refractivity contribution in [3.05, 3.63) is 29.8 Å². The molecule has 0 aliphatic rings. The normalized spacial score (nSPS) is 15.0. The molecule has 0 aliphatic heterocycles. The monoisotopic (exact) mass is 535 g/mol. The predicted octanol–water partition coefficient (Wildman–Crippen LogP) is 0.159. The zero-order chi connectivity index (χ0) is 29.0. The van der Waals surface area contributed by atoms with Crippen LogP contribution in [0.4, 0.5) is 0 Å². The Bertz CT molecular complexity index is 967. The van der Waals surface area contributed by atoms with Crippen LogP contribution in [0.15, 0.2) is 24.3 Å². The topological polar surface area (TPSA) is 214 Å². The highest BCUT2D eigenvalue weighted by atomic mass is 16.4. The summed E-state index contributed by atoms with van der Waals surface area (Å²) in [6.45, 7) is 7.24. The van der Waals surface area contributed by atoms with Crippen LogP contribution >= 0.6 is 0 Å². The van der Waals surface area contributed by atoms with Crippen molar-refractivity contribution in [2.45, 2.75) is 84.0 Å². The molecule has 0 saturated heterocycles. The van der Waals surface area contributed by atoms with Gasteiger partial charge in [-0.25, -0.2) is 4.79 Å². The standard InChI is InChI=1S/C26H41N5O7/c1-5-15(4)22(25(36)30-20(26(37)38)12-14(2)3)31-24(35)19(13-16-6-8-17(32)9-7-16)29-23(34)18(27)10-11-21(28)33/h6-9,14-15,18-20,22,32H,5,10-13,27H2,1-4H3,(H2,28,33)(H,29,34)(H,30,36)(H,31,35)(H,37,38). The number of aromatic hydroxyl groups is 1. The number of aliphatic carboxylic acids is 1. The van der Waals surface area contributed by atoms with E-state index in [1.165, 1.54) is 12.1 Å². The van der Waals surface area contributed by atoms with Crippen LogP contribution in [-0.2, 0) is 30.4 Å². The predicted molar refractivity (Wildman–Crippen MR) is 141 cm³/mol. The van der Waals surface area contributed by atoms with E-state index < -0.39 is 53.8 Å². The molecule has 0 saturated carbocycles. The summed E-state index contributed by atoms with van der Waals surface area (Å²) in [5.41, 5.74) is 11.6. The number of hydrogen-bond donors (Lipinski definition) is 7. The molecule has 0 radical (unpaired) electrons. The molecular weight excluding hydrogens is 494 g/mol. The van der Waals surface area contributed by atoms with Crippen LogP contribution < -0.4 is 27.4 Å². The van der Waals surface area contributed by atoms with Gasteiger partial charge in [-0.3, -0.25) is 19.2 Å². The number of carboxylic acids is 1. The lowest BCUT2D eigenvalue weighted by atomic mass is 9.96. The van der Waals surface area contributed by atoms with Gasteiger partial charge in [0.05, 0.1) is 6.04 Å². The number of carboxylic acid groups (broad SMARTS) is 1. The van der Waals surface area contributed by atoms with Crippen LogP contribution in [0.25, 0.3) is 0 Å². The van der Waals surface area contributed by atoms with Gasteiger partial charge in [0, 0.05) is 12.8 Å². The summed E-state index contributed by atoms with van der Waals surface area (Å²) in [5.74, 6) is -4.12. The number of rotatable bonds is 16. The van der Waals surface area contributed by atoms with Gasteiger partial charge in [0.1, 0.15) is 23.9 Å². The number of phenolic OH excluding ortho intramolecular Hbond substituents is 1. The molecule has 0 bridgehead atoms. The van der Waals surface area contributed by atoms with Gasteiger partial charge in [0.2, 0.25) is 23.6 Å². The average Bonchev–Trinajstić information content (AvgIpc) is 2.84. The first kappa shape index (κ1) is 32.4. The third kappa shape index (κ3) is 11.2. The Morgan fingerprint density at radius 2 is 1.47 bits per heavy atom. The number of carbonyl (C=O) groups excluding carboxylic acids is 4. The Labute approximate surface area is 222 Å². The van der Waals surface area contributed by atoms with Crippen LogP contribution in [0, 0.1) is 11.8 Å². The number of primary amides is 1. The molecular formula is C26H41N5O7. The van der Waals surface area contributed by atoms with Gasteiger partial charge in [-0.2, -0.15) is 0 Å². The lowest BCUT2D eigenvalue weighted by Crippen LogP contribution is -2.59. The van der Waals surface area contributed by atoms with E-state index in [0.29, 0.717) is 12.0 Å². The van der Waals surface area contributed by atoms with Crippen molar-refractivity contribution in [3.63, 3.8) is 0 Å². The third-order valence-corrected chi connectivity index (χ3v) is 6.16. The van der Waals surface area contributed by atoms with E-state index in [-0.39, 0.29) is 43.3 Å². The lowest BCUT2D eigenvalue weighted by Gasteiger charge is -2.28. The summed E-state index contributed by atoms with van der Waals surface area (Å²) in [4.78, 5) is 61.9. The number of nitrogens with two attached hydrogens (primary N) is 2. The molecule has 0 fully saturated rings. The van der Waals surface area contributed by atoms with E-state index in [4.69, 9.17) is 11.5 Å². The third-order valence-electron chi connectivity index (χ3n) is 6.16. The fraction of sp³-hybridized carbons (Fsp3) is 0.577. The van der Waals surface area contributed by atoms with Crippen molar-refractivity contribution in [3.8, 4) is 5.75 Å². The Hall–Kier alpha value is -3.67. The van der Waals surface area contributed by atoms with Crippen LogP contribution in [0.1, 0.15) is 58.9 Å². The van der Waals surface area contributed by atoms with E-state index in [0.717, 1.165) is 0 Å². The molecule has 0 heterocycles. The summed E-state index contributed by atoms with van der Waals surface area (Å²) in [6.07, 6.45) is 0.610. The van der Waals surface area contributed by atoms with E-state index >= 15 is 0 Å². The van der Waals surface area contributed by atoms with Gasteiger partial charge < -0.3 is 37.6 Å². The maximum absolute atomic E-state index is 13.4. The summed E-state index contributed by atoms with van der Waals surface area (Å²) < 4.78 is 0. The Morgan fingerprint density at radius 3 is 1.97 bits per heavy atom. The molecule has 12 heteroatoms. The number of amides is 4. The van der Waals surface area contributed by atoms with Gasteiger partial charge in [-0.05, 0) is 42.4 Å². The number of benzene rings is 1. The zero-order valence-corrected chi connectivity index (χ0v) is 22.4. The van der Waals surface area contributed by atoms with E-state index in [2.05, 4.69) is 16.0 Å². The minimum absolute atomic E-state index is 0.0108. The van der Waals surface area contributed by atoms with Gasteiger partial charge in [0.15, 0.2) is 0 Å². The van der Waals surface area contributed by atoms with Crippen LogP contribution in [-0.4, -0.2) is 64.0 Å². The van der Waals surface area contributed by atoms with E-state index in [9.17, 15) is 34.2 Å². The Kier molecular flexibility index (Phi) is 13.2. The first-order valence-corrected chi connectivity index (χ1v) is 12.7. The number of hydrogen-bond acceptors (Lipinski definition) is 7. The first-order chi connectivity index (χ1) is 17.7. The minimum atomic E-state index is -1.18. The molecule has 0 aromatic heterocycles. The van der Waals surface area contributed by atoms with Gasteiger partial charge in [0.25, 0.3) is 0 Å². The molecule has 5 atom stereocenters. The second kappa shape index (κ2) is 15.6. The van der Waals surface area contributed by atoms with Crippen molar-refractivity contribution in [2.75, 3.05) is 0 Å². The summed E-state index contributed by atoms with van der Waals surface area (Å²) in [6, 6.07) is 1.58. The van der Waals surface area contributed by atoms with Crippen LogP contribution in [0.3, 0.4) is 0 Å². The molecule has 4 amide bonds. The molecule has 1 rings (SSSR count). The van der Waals surface area contributed by atoms with Crippen molar-refractivity contribution < 1.29 is 34.2 Å². The maximum Gasteiger partial charge on any atom is 0.326 e. The van der Waals surface area contributed by atoms with Gasteiger partial charge in [-0.1, -0.05) is 46.2 Å². The van der Waals surface area contributed by atoms with E-state index in [1.807, 2.05) is 20.8 Å². The quantitative estimate of drug-likeness (QED) is 0.154. The average molecular weight is 536 g/mol. The molecule has 1 aromatic carbocycles. The molecule has 5 unspecified atom stereocenters. The van der Waals surface area contributed by atoms with Crippen LogP contribution in [0.5, 0.6) is 5.75 Å². The molecule has 9 N–H and O–H groups in total. The number of phenols is 1. The van der Waals surface area contributed by atoms with Crippen molar-refractivity contribution in [1.29, 1.82) is 0 Å². The second-order valence-electron chi connectivity index (χ2n) is 9.94. The van der Waals surface area contributed by atoms with Gasteiger partial charge in [-0.15, -0.1) is 0 Å². The maximum atomic E-state index is 13.4. The second-order valence-corrected chi connectivity index (χ2v) is 9.94. The molecule has 12 nitrogen and oxygen atoms in total. The Balaban J connectivity index is 3.15. The van der Waals surface area contributed by atoms with Gasteiger partial charge >= 0.3 is 5.97 Å². The summed E-state index contributed by atoms with van der Waals surface area (Å²) in [5, 5.41) is 26.8. The molecule has 1 aromatic rings. The molecule has 0 spiro atoms. The largest absolute Gasteiger partial charge is 0.508 e. The zero-order valence-electron chi connectivity index (χ0n) is 22.4. The van der Waals surface area contributed by atoms with Crippen LogP contribution in [0.2, 0.25) is 0 Å². The summed E-state index contributed by atoms with van der Waals surface area (Å²) in [7, 11) is 0. The highest BCUT2D eigenvalue weighted by Crippen LogP contribution is 2.14. The van der Waals surface area contributed by atoms with Crippen molar-refractivity contribution >= 4 is 29.6 Å². The number of carbonyl (C=O) groups is 5. The number of nitrogens with one attached hydrogen (secondary N) is 3. The molecule has 38 heavy (non-hydrogen) atoms. The smallest absolute Gasteiger partial charge is 0.326 e. The SMILES string of the molecule is CCC(C)C(NC(=O)C(Cc1ccc(O)cc1)NC(=O)C(N)CCC(N)=O)C(=O)NC(CC(C)C)C(=O)O. The highest BCUT2D eigenvalue weighted by Gasteiger charge is 2.33. The highest BCUT2D eigenvalue weighted by molar-refractivity contribution is 5.94. The molecule has 0 aliphatic carbocycles. The van der Waals surface area contributed by atoms with E-state index in [1.54, 1.807) is 19.1 Å². The fourth-order valence-corrected chi connectivity index (χ4v) is 3.69. The summed E-state index contributed by atoms with van der Waals surface area (Å²) >= 11 is 0. The lowest BCUT2D eigenvalue weighted by molar-refractivity contribution is -0.143. The Morgan fingerprint density at radius 1 is 0.895 bits per heavy atom. The van der Waals surface area contributed by atoms with Crippen molar-refractivity contribution in [2.24, 2.45) is 23.3 Å². The van der Waals surface area contributed by atoms with Crippen molar-refractivity contribution in [1.82, 2.24) is 16.0 Å². The molecule has 212 valence electrons. The first-order valence-electron chi connectivity index (χ1n) is 12.7. The fourth-order valence-electron chi connectivity index (χ4n) is 3.69.